The number of nitrogens with two attached hydrogens (primary N) is 1. The maximum atomic E-state index is 6.03. The van der Waals surface area contributed by atoms with Gasteiger partial charge in [-0.2, -0.15) is 4.98 Å². The molecular weight excluding hydrogens is 258 g/mol. The van der Waals surface area contributed by atoms with Crippen molar-refractivity contribution in [1.82, 2.24) is 10.1 Å². The van der Waals surface area contributed by atoms with Gasteiger partial charge in [-0.15, -0.1) is 11.8 Å². The molecule has 1 heterocycles. The number of nitrogens with zero attached hydrogens (tertiary/aromatic N) is 2. The van der Waals surface area contributed by atoms with Crippen LogP contribution >= 0.6 is 11.8 Å². The molecule has 1 aromatic carbocycles. The van der Waals surface area contributed by atoms with Crippen molar-refractivity contribution in [3.63, 3.8) is 0 Å². The first-order chi connectivity index (χ1) is 9.06. The molecule has 1 aromatic heterocycles. The van der Waals surface area contributed by atoms with Crippen LogP contribution in [0, 0.1) is 12.8 Å². The van der Waals surface area contributed by atoms with Gasteiger partial charge in [0, 0.05) is 17.0 Å². The van der Waals surface area contributed by atoms with Crippen LogP contribution in [-0.2, 0) is 12.2 Å². The van der Waals surface area contributed by atoms with Gasteiger partial charge in [-0.05, 0) is 24.5 Å². The Labute approximate surface area is 117 Å². The number of rotatable bonds is 5. The van der Waals surface area contributed by atoms with Gasteiger partial charge in [0.05, 0.1) is 5.75 Å². The van der Waals surface area contributed by atoms with E-state index in [1.165, 1.54) is 0 Å². The number of nitrogen functional groups attached to an aromatic ring is 1. The molecule has 0 fully saturated rings. The summed E-state index contributed by atoms with van der Waals surface area (Å²) in [6.07, 6.45) is 0.848. The van der Waals surface area contributed by atoms with E-state index in [0.29, 0.717) is 17.6 Å². The van der Waals surface area contributed by atoms with Gasteiger partial charge < -0.3 is 10.3 Å². The average molecular weight is 277 g/mol. The van der Waals surface area contributed by atoms with E-state index < -0.39 is 0 Å². The van der Waals surface area contributed by atoms with E-state index in [4.69, 9.17) is 10.3 Å². The van der Waals surface area contributed by atoms with Crippen LogP contribution < -0.4 is 5.73 Å². The maximum absolute atomic E-state index is 6.03. The zero-order valence-corrected chi connectivity index (χ0v) is 12.3. The third-order valence-corrected chi connectivity index (χ3v) is 3.79. The monoisotopic (exact) mass is 277 g/mol. The van der Waals surface area contributed by atoms with E-state index in [0.717, 1.165) is 28.4 Å². The summed E-state index contributed by atoms with van der Waals surface area (Å²) in [5.41, 5.74) is 7.95. The molecule has 5 heteroatoms. The zero-order valence-electron chi connectivity index (χ0n) is 11.5. The molecule has 0 unspecified atom stereocenters. The predicted molar refractivity (Wildman–Crippen MR) is 78.0 cm³/mol. The molecule has 2 rings (SSSR count). The van der Waals surface area contributed by atoms with Crippen LogP contribution in [0.25, 0.3) is 0 Å². The van der Waals surface area contributed by atoms with Crippen molar-refractivity contribution < 1.29 is 4.52 Å². The van der Waals surface area contributed by atoms with E-state index in [-0.39, 0.29) is 0 Å². The Morgan fingerprint density at radius 3 is 2.89 bits per heavy atom. The van der Waals surface area contributed by atoms with E-state index in [9.17, 15) is 0 Å². The predicted octanol–water partition coefficient (Wildman–Crippen LogP) is 3.45. The van der Waals surface area contributed by atoms with Crippen LogP contribution in [0.2, 0.25) is 0 Å². The highest BCUT2D eigenvalue weighted by atomic mass is 32.2. The number of anilines is 1. The van der Waals surface area contributed by atoms with E-state index in [1.54, 1.807) is 11.8 Å². The molecule has 0 spiro atoms. The summed E-state index contributed by atoms with van der Waals surface area (Å²) in [7, 11) is 0. The van der Waals surface area contributed by atoms with Gasteiger partial charge in [0.25, 0.3) is 0 Å². The molecule has 0 amide bonds. The largest absolute Gasteiger partial charge is 0.398 e. The van der Waals surface area contributed by atoms with Crippen molar-refractivity contribution in [2.24, 2.45) is 5.92 Å². The van der Waals surface area contributed by atoms with Crippen LogP contribution in [0.5, 0.6) is 0 Å². The van der Waals surface area contributed by atoms with Crippen molar-refractivity contribution in [3.8, 4) is 0 Å². The number of thioether (sulfide) groups is 1. The van der Waals surface area contributed by atoms with Crippen LogP contribution in [0.4, 0.5) is 5.69 Å². The van der Waals surface area contributed by atoms with Crippen molar-refractivity contribution in [2.45, 2.75) is 37.8 Å². The quantitative estimate of drug-likeness (QED) is 0.670. The van der Waals surface area contributed by atoms with Gasteiger partial charge in [0.15, 0.2) is 5.82 Å². The van der Waals surface area contributed by atoms with Crippen LogP contribution in [0.1, 0.15) is 31.1 Å². The molecular formula is C14H19N3OS. The fraction of sp³-hybridized carbons (Fsp3) is 0.429. The Kier molecular flexibility index (Phi) is 4.47. The highest BCUT2D eigenvalue weighted by molar-refractivity contribution is 7.98. The lowest BCUT2D eigenvalue weighted by molar-refractivity contribution is 0.382. The Morgan fingerprint density at radius 1 is 1.37 bits per heavy atom. The van der Waals surface area contributed by atoms with Gasteiger partial charge in [-0.25, -0.2) is 0 Å². The standard InChI is InChI=1S/C14H19N3OS/c1-9(2)7-12-16-13(18-17-12)8-19-11-6-4-5-10(3)14(11)15/h4-6,9H,7-8,15H2,1-3H3. The van der Waals surface area contributed by atoms with E-state index >= 15 is 0 Å². The summed E-state index contributed by atoms with van der Waals surface area (Å²) in [6.45, 7) is 6.28. The molecule has 0 bridgehead atoms. The third kappa shape index (κ3) is 3.73. The van der Waals surface area contributed by atoms with E-state index in [1.807, 2.05) is 25.1 Å². The molecule has 0 saturated heterocycles. The third-order valence-electron chi connectivity index (χ3n) is 2.74. The number of benzene rings is 1. The van der Waals surface area contributed by atoms with Gasteiger partial charge in [-0.3, -0.25) is 0 Å². The molecule has 19 heavy (non-hydrogen) atoms. The second-order valence-electron chi connectivity index (χ2n) is 4.98. The molecule has 0 atom stereocenters. The van der Waals surface area contributed by atoms with Crippen LogP contribution in [0.15, 0.2) is 27.6 Å². The van der Waals surface area contributed by atoms with Crippen LogP contribution in [-0.4, -0.2) is 10.1 Å². The summed E-state index contributed by atoms with van der Waals surface area (Å²) in [5, 5.41) is 3.98. The van der Waals surface area contributed by atoms with Crippen LogP contribution in [0.3, 0.4) is 0 Å². The lowest BCUT2D eigenvalue weighted by atomic mass is 10.1. The average Bonchev–Trinajstić information content (AvgIpc) is 2.78. The SMILES string of the molecule is Cc1cccc(SCc2nc(CC(C)C)no2)c1N. The minimum Gasteiger partial charge on any atom is -0.398 e. The second kappa shape index (κ2) is 6.10. The Balaban J connectivity index is 1.98. The smallest absolute Gasteiger partial charge is 0.237 e. The minimum absolute atomic E-state index is 0.533. The van der Waals surface area contributed by atoms with Gasteiger partial charge in [-0.1, -0.05) is 31.1 Å². The summed E-state index contributed by atoms with van der Waals surface area (Å²) >= 11 is 1.63. The zero-order chi connectivity index (χ0) is 13.8. The molecule has 4 nitrogen and oxygen atoms in total. The summed E-state index contributed by atoms with van der Waals surface area (Å²) in [5.74, 6) is 2.62. The minimum atomic E-state index is 0.533. The van der Waals surface area contributed by atoms with E-state index in [2.05, 4.69) is 24.0 Å². The molecule has 2 aromatic rings. The number of para-hydroxylation sites is 1. The lowest BCUT2D eigenvalue weighted by Crippen LogP contribution is -1.96. The molecule has 0 saturated carbocycles. The summed E-state index contributed by atoms with van der Waals surface area (Å²) in [4.78, 5) is 5.44. The first-order valence-electron chi connectivity index (χ1n) is 6.35. The molecule has 0 aliphatic rings. The first-order valence-corrected chi connectivity index (χ1v) is 7.34. The molecule has 102 valence electrons. The Morgan fingerprint density at radius 2 is 2.16 bits per heavy atom. The van der Waals surface area contributed by atoms with Crippen molar-refractivity contribution >= 4 is 17.4 Å². The van der Waals surface area contributed by atoms with Gasteiger partial charge >= 0.3 is 0 Å². The second-order valence-corrected chi connectivity index (χ2v) is 5.99. The molecule has 0 aliphatic heterocycles. The lowest BCUT2D eigenvalue weighted by Gasteiger charge is -2.05. The van der Waals surface area contributed by atoms with Crippen molar-refractivity contribution in [1.29, 1.82) is 0 Å². The first kappa shape index (κ1) is 13.9. The highest BCUT2D eigenvalue weighted by Gasteiger charge is 2.09. The van der Waals surface area contributed by atoms with Gasteiger partial charge in [0.1, 0.15) is 0 Å². The fourth-order valence-corrected chi connectivity index (χ4v) is 2.60. The molecule has 0 aliphatic carbocycles. The van der Waals surface area contributed by atoms with Crippen molar-refractivity contribution in [2.75, 3.05) is 5.73 Å². The number of hydrogen-bond donors (Lipinski definition) is 1. The summed E-state index contributed by atoms with van der Waals surface area (Å²) in [6, 6.07) is 6.03. The molecule has 2 N–H and O–H groups in total. The fourth-order valence-electron chi connectivity index (χ4n) is 1.72. The number of aromatic nitrogens is 2. The molecule has 0 radical (unpaired) electrons. The normalized spacial score (nSPS) is 11.2. The maximum Gasteiger partial charge on any atom is 0.237 e. The summed E-state index contributed by atoms with van der Waals surface area (Å²) < 4.78 is 5.23. The number of hydrogen-bond acceptors (Lipinski definition) is 5. The Bertz CT molecular complexity index is 551. The highest BCUT2D eigenvalue weighted by Crippen LogP contribution is 2.29. The van der Waals surface area contributed by atoms with Crippen molar-refractivity contribution in [3.05, 3.63) is 35.5 Å². The number of aryl methyl sites for hydroxylation is 1. The van der Waals surface area contributed by atoms with Gasteiger partial charge in [0.2, 0.25) is 5.89 Å². The Hall–Kier alpha value is -1.49. The topological polar surface area (TPSA) is 64.9 Å².